The Kier molecular flexibility index (Phi) is 4.31. The summed E-state index contributed by atoms with van der Waals surface area (Å²) < 4.78 is 13.8. The molecule has 114 valence electrons. The van der Waals surface area contributed by atoms with Gasteiger partial charge in [-0.2, -0.15) is 0 Å². The second-order valence-electron chi connectivity index (χ2n) is 6.15. The lowest BCUT2D eigenvalue weighted by Crippen LogP contribution is -2.55. The number of carbonyl (C=O) groups is 1. The number of nitrogens with zero attached hydrogens (tertiary/aromatic N) is 1. The molecule has 2 fully saturated rings. The Balaban J connectivity index is 1.69. The molecule has 21 heavy (non-hydrogen) atoms. The molecule has 1 aromatic carbocycles. The number of benzene rings is 1. The van der Waals surface area contributed by atoms with Gasteiger partial charge in [-0.3, -0.25) is 4.79 Å². The predicted molar refractivity (Wildman–Crippen MR) is 83.8 cm³/mol. The normalized spacial score (nSPS) is 29.2. The summed E-state index contributed by atoms with van der Waals surface area (Å²) in [6.45, 7) is 0. The van der Waals surface area contributed by atoms with Gasteiger partial charge in [-0.25, -0.2) is 4.39 Å². The summed E-state index contributed by atoms with van der Waals surface area (Å²) >= 11 is 3.16. The molecule has 2 saturated heterocycles. The number of hydrogen-bond acceptors (Lipinski definition) is 2. The van der Waals surface area contributed by atoms with Crippen molar-refractivity contribution >= 4 is 21.8 Å². The molecule has 3 rings (SSSR count). The van der Waals surface area contributed by atoms with Gasteiger partial charge < -0.3 is 10.2 Å². The van der Waals surface area contributed by atoms with E-state index in [1.165, 1.54) is 25.3 Å². The van der Waals surface area contributed by atoms with Crippen LogP contribution in [-0.2, 0) is 0 Å². The van der Waals surface area contributed by atoms with Crippen LogP contribution in [0.4, 0.5) is 4.39 Å². The van der Waals surface area contributed by atoms with Crippen LogP contribution >= 0.6 is 15.9 Å². The third kappa shape index (κ3) is 2.99. The van der Waals surface area contributed by atoms with E-state index in [9.17, 15) is 9.18 Å². The zero-order chi connectivity index (χ0) is 15.0. The van der Waals surface area contributed by atoms with Crippen molar-refractivity contribution in [1.29, 1.82) is 0 Å². The Bertz CT molecular complexity index is 537. The lowest BCUT2D eigenvalue weighted by atomic mass is 9.82. The van der Waals surface area contributed by atoms with Crippen LogP contribution in [0.1, 0.15) is 42.5 Å². The van der Waals surface area contributed by atoms with Crippen molar-refractivity contribution < 1.29 is 9.18 Å². The third-order valence-electron chi connectivity index (χ3n) is 4.87. The number of amides is 1. The second-order valence-corrected chi connectivity index (χ2v) is 6.94. The van der Waals surface area contributed by atoms with Gasteiger partial charge in [0, 0.05) is 18.1 Å². The first kappa shape index (κ1) is 15.0. The highest BCUT2D eigenvalue weighted by molar-refractivity contribution is 9.10. The van der Waals surface area contributed by atoms with E-state index in [0.29, 0.717) is 17.6 Å². The molecule has 1 N–H and O–H groups in total. The summed E-state index contributed by atoms with van der Waals surface area (Å²) in [6.07, 6.45) is 5.69. The molecule has 0 aromatic heterocycles. The summed E-state index contributed by atoms with van der Waals surface area (Å²) in [4.78, 5) is 14.8. The predicted octanol–water partition coefficient (Wildman–Crippen LogP) is 3.33. The van der Waals surface area contributed by atoms with Crippen LogP contribution in [0.25, 0.3) is 0 Å². The van der Waals surface area contributed by atoms with Gasteiger partial charge in [0.25, 0.3) is 5.91 Å². The van der Waals surface area contributed by atoms with Crippen molar-refractivity contribution in [2.75, 3.05) is 7.05 Å². The van der Waals surface area contributed by atoms with Crippen LogP contribution in [0, 0.1) is 5.82 Å². The Hall–Kier alpha value is -0.940. The molecule has 0 saturated carbocycles. The maximum atomic E-state index is 13.5. The fourth-order valence-corrected chi connectivity index (χ4v) is 4.12. The van der Waals surface area contributed by atoms with E-state index in [4.69, 9.17) is 0 Å². The van der Waals surface area contributed by atoms with E-state index < -0.39 is 5.82 Å². The van der Waals surface area contributed by atoms with Crippen molar-refractivity contribution in [2.45, 2.75) is 50.2 Å². The van der Waals surface area contributed by atoms with Gasteiger partial charge in [0.15, 0.2) is 0 Å². The molecule has 5 heteroatoms. The molecule has 2 heterocycles. The minimum atomic E-state index is -0.400. The van der Waals surface area contributed by atoms with Gasteiger partial charge in [-0.15, -0.1) is 0 Å². The van der Waals surface area contributed by atoms with Crippen LogP contribution in [0.15, 0.2) is 22.7 Å². The molecular weight excluding hydrogens is 335 g/mol. The molecule has 2 bridgehead atoms. The molecule has 1 amide bonds. The van der Waals surface area contributed by atoms with Gasteiger partial charge in [-0.1, -0.05) is 12.5 Å². The van der Waals surface area contributed by atoms with Gasteiger partial charge in [-0.05, 0) is 60.8 Å². The molecule has 2 aliphatic heterocycles. The number of fused-ring (bicyclic) bond motifs is 2. The zero-order valence-corrected chi connectivity index (χ0v) is 13.7. The van der Waals surface area contributed by atoms with Crippen LogP contribution in [0.2, 0.25) is 0 Å². The molecule has 3 nitrogen and oxygen atoms in total. The van der Waals surface area contributed by atoms with E-state index in [0.717, 1.165) is 12.8 Å². The highest BCUT2D eigenvalue weighted by Gasteiger charge is 2.36. The topological polar surface area (TPSA) is 32.3 Å². The minimum absolute atomic E-state index is 0.186. The molecule has 0 aliphatic carbocycles. The van der Waals surface area contributed by atoms with Crippen molar-refractivity contribution in [3.8, 4) is 0 Å². The number of nitrogens with one attached hydrogen (secondary N) is 1. The van der Waals surface area contributed by atoms with Crippen LogP contribution in [0.5, 0.6) is 0 Å². The third-order valence-corrected chi connectivity index (χ3v) is 5.68. The highest BCUT2D eigenvalue weighted by atomic mass is 79.9. The molecule has 2 aliphatic rings. The van der Waals surface area contributed by atoms with Gasteiger partial charge in [0.2, 0.25) is 0 Å². The smallest absolute Gasteiger partial charge is 0.252 e. The molecule has 0 radical (unpaired) electrons. The first-order valence-electron chi connectivity index (χ1n) is 7.53. The van der Waals surface area contributed by atoms with E-state index in [1.807, 2.05) is 0 Å². The summed E-state index contributed by atoms with van der Waals surface area (Å²) in [5, 5.41) is 3.09. The van der Waals surface area contributed by atoms with Crippen LogP contribution in [0.3, 0.4) is 0 Å². The largest absolute Gasteiger partial charge is 0.349 e. The van der Waals surface area contributed by atoms with Gasteiger partial charge >= 0.3 is 0 Å². The van der Waals surface area contributed by atoms with Crippen molar-refractivity contribution in [3.05, 3.63) is 34.1 Å². The monoisotopic (exact) mass is 354 g/mol. The maximum absolute atomic E-state index is 13.5. The van der Waals surface area contributed by atoms with E-state index in [1.54, 1.807) is 12.1 Å². The number of rotatable bonds is 2. The first-order valence-corrected chi connectivity index (χ1v) is 8.32. The Morgan fingerprint density at radius 1 is 1.33 bits per heavy atom. The zero-order valence-electron chi connectivity index (χ0n) is 12.1. The van der Waals surface area contributed by atoms with E-state index in [2.05, 4.69) is 33.2 Å². The Labute approximate surface area is 133 Å². The summed E-state index contributed by atoms with van der Waals surface area (Å²) in [7, 11) is 2.19. The average molecular weight is 355 g/mol. The molecular formula is C16H20BrFN2O. The number of halogens is 2. The SMILES string of the molecule is CN1C2CCCC1CC(NC(=O)c1cccc(F)c1Br)C2. The lowest BCUT2D eigenvalue weighted by Gasteiger charge is -2.47. The number of hydrogen-bond donors (Lipinski definition) is 1. The van der Waals surface area contributed by atoms with Gasteiger partial charge in [0.1, 0.15) is 5.82 Å². The van der Waals surface area contributed by atoms with Crippen molar-refractivity contribution in [3.63, 3.8) is 0 Å². The van der Waals surface area contributed by atoms with Gasteiger partial charge in [0.05, 0.1) is 10.0 Å². The highest BCUT2D eigenvalue weighted by Crippen LogP contribution is 2.33. The van der Waals surface area contributed by atoms with Crippen LogP contribution in [-0.4, -0.2) is 36.0 Å². The molecule has 2 unspecified atom stereocenters. The Morgan fingerprint density at radius 2 is 2.00 bits per heavy atom. The molecule has 2 atom stereocenters. The second kappa shape index (κ2) is 6.05. The fourth-order valence-electron chi connectivity index (χ4n) is 3.68. The quantitative estimate of drug-likeness (QED) is 0.883. The maximum Gasteiger partial charge on any atom is 0.252 e. The van der Waals surface area contributed by atoms with Crippen LogP contribution < -0.4 is 5.32 Å². The summed E-state index contributed by atoms with van der Waals surface area (Å²) in [5.74, 6) is -0.586. The summed E-state index contributed by atoms with van der Waals surface area (Å²) in [6, 6.07) is 5.90. The molecule has 1 aromatic rings. The van der Waals surface area contributed by atoms with E-state index in [-0.39, 0.29) is 16.4 Å². The van der Waals surface area contributed by atoms with Crippen molar-refractivity contribution in [2.24, 2.45) is 0 Å². The standard InChI is InChI=1S/C16H20BrFN2O/c1-20-11-4-2-5-12(20)9-10(8-11)19-16(21)13-6-3-7-14(18)15(13)17/h3,6-7,10-12H,2,4-5,8-9H2,1H3,(H,19,21). The Morgan fingerprint density at radius 3 is 2.67 bits per heavy atom. The summed E-state index contributed by atoms with van der Waals surface area (Å²) in [5.41, 5.74) is 0.374. The fraction of sp³-hybridized carbons (Fsp3) is 0.562. The first-order chi connectivity index (χ1) is 10.1. The lowest BCUT2D eigenvalue weighted by molar-refractivity contribution is 0.0462. The average Bonchev–Trinajstić information content (AvgIpc) is 2.43. The minimum Gasteiger partial charge on any atom is -0.349 e. The molecule has 0 spiro atoms. The number of carbonyl (C=O) groups excluding carboxylic acids is 1. The van der Waals surface area contributed by atoms with E-state index >= 15 is 0 Å². The van der Waals surface area contributed by atoms with Crippen molar-refractivity contribution in [1.82, 2.24) is 10.2 Å². The number of piperidine rings is 2.